The molecule has 2 atom stereocenters. The van der Waals surface area contributed by atoms with Crippen molar-refractivity contribution >= 4 is 9.84 Å². The molecule has 2 aliphatic rings. The molecule has 0 aliphatic carbocycles. The van der Waals surface area contributed by atoms with E-state index in [9.17, 15) is 13.5 Å². The van der Waals surface area contributed by atoms with Gasteiger partial charge in [0.1, 0.15) is 0 Å². The predicted molar refractivity (Wildman–Crippen MR) is 80.7 cm³/mol. The first-order chi connectivity index (χ1) is 9.63. The van der Waals surface area contributed by atoms with Crippen molar-refractivity contribution in [1.29, 1.82) is 0 Å². The zero-order valence-corrected chi connectivity index (χ0v) is 13.7. The fourth-order valence-electron chi connectivity index (χ4n) is 3.61. The molecular weight excluding hydrogens is 288 g/mol. The minimum atomic E-state index is -3.05. The number of aliphatic hydroxyl groups is 1. The lowest BCUT2D eigenvalue weighted by Gasteiger charge is -2.43. The van der Waals surface area contributed by atoms with Crippen LogP contribution in [-0.2, 0) is 21.0 Å². The van der Waals surface area contributed by atoms with Crippen molar-refractivity contribution in [2.24, 2.45) is 0 Å². The third-order valence-electron chi connectivity index (χ3n) is 4.92. The number of fused-ring (bicyclic) bond motifs is 2. The van der Waals surface area contributed by atoms with Crippen molar-refractivity contribution in [2.75, 3.05) is 0 Å². The van der Waals surface area contributed by atoms with Gasteiger partial charge in [-0.25, -0.2) is 8.42 Å². The van der Waals surface area contributed by atoms with E-state index in [-0.39, 0.29) is 5.54 Å². The lowest BCUT2D eigenvalue weighted by Crippen LogP contribution is -2.50. The van der Waals surface area contributed by atoms with Gasteiger partial charge in [-0.1, -0.05) is 6.42 Å². The molecule has 0 radical (unpaired) electrons. The predicted octanol–water partition coefficient (Wildman–Crippen LogP) is 1.96. The van der Waals surface area contributed by atoms with Crippen molar-refractivity contribution < 1.29 is 13.5 Å². The molecule has 118 valence electrons. The van der Waals surface area contributed by atoms with Gasteiger partial charge in [0.15, 0.2) is 9.84 Å². The van der Waals surface area contributed by atoms with Crippen LogP contribution in [0.15, 0.2) is 12.4 Å². The van der Waals surface area contributed by atoms with Crippen LogP contribution in [0.3, 0.4) is 0 Å². The third-order valence-corrected chi connectivity index (χ3v) is 7.58. The quantitative estimate of drug-likeness (QED) is 0.860. The number of nitrogens with zero attached hydrogens (tertiary/aromatic N) is 2. The van der Waals surface area contributed by atoms with E-state index in [4.69, 9.17) is 0 Å². The van der Waals surface area contributed by atoms with E-state index in [0.29, 0.717) is 25.7 Å². The topological polar surface area (TPSA) is 72.2 Å². The molecule has 0 aromatic carbocycles. The summed E-state index contributed by atoms with van der Waals surface area (Å²) >= 11 is 0. The van der Waals surface area contributed by atoms with Gasteiger partial charge in [-0.3, -0.25) is 4.68 Å². The summed E-state index contributed by atoms with van der Waals surface area (Å²) < 4.78 is 26.5. The van der Waals surface area contributed by atoms with E-state index in [0.717, 1.165) is 12.0 Å². The van der Waals surface area contributed by atoms with Gasteiger partial charge in [-0.15, -0.1) is 0 Å². The van der Waals surface area contributed by atoms with E-state index in [2.05, 4.69) is 5.10 Å². The van der Waals surface area contributed by atoms with Crippen molar-refractivity contribution in [3.8, 4) is 0 Å². The molecule has 0 spiro atoms. The maximum absolute atomic E-state index is 12.3. The second kappa shape index (κ2) is 4.56. The lowest BCUT2D eigenvalue weighted by atomic mass is 9.82. The number of hydrogen-bond acceptors (Lipinski definition) is 4. The molecule has 2 aliphatic heterocycles. The Morgan fingerprint density at radius 3 is 2.33 bits per heavy atom. The fourth-order valence-corrected chi connectivity index (χ4v) is 6.16. The van der Waals surface area contributed by atoms with E-state index < -0.39 is 25.9 Å². The average Bonchev–Trinajstić information content (AvgIpc) is 2.81. The second-order valence-corrected chi connectivity index (χ2v) is 10.1. The summed E-state index contributed by atoms with van der Waals surface area (Å²) in [6, 6.07) is 0. The van der Waals surface area contributed by atoms with Crippen LogP contribution in [-0.4, -0.2) is 33.8 Å². The minimum absolute atomic E-state index is 0.148. The molecular formula is C15H24N2O3S. The highest BCUT2D eigenvalue weighted by Crippen LogP contribution is 2.46. The van der Waals surface area contributed by atoms with E-state index in [1.165, 1.54) is 0 Å². The molecule has 6 heteroatoms. The molecule has 1 aromatic rings. The molecule has 2 bridgehead atoms. The number of aromatic nitrogens is 2. The standard InChI is InChI=1S/C15H24N2O3S/c1-14(2,3)17-10-11(9-16-17)15(18)7-12-5-4-6-13(8-15)21(12,19)20/h9-10,12-13,18H,4-8H2,1-3H3. The van der Waals surface area contributed by atoms with Crippen molar-refractivity contribution in [2.45, 2.75) is 74.5 Å². The van der Waals surface area contributed by atoms with Crippen LogP contribution in [0.2, 0.25) is 0 Å². The van der Waals surface area contributed by atoms with Crippen LogP contribution in [0.25, 0.3) is 0 Å². The summed E-state index contributed by atoms with van der Waals surface area (Å²) in [5.41, 5.74) is -0.445. The highest BCUT2D eigenvalue weighted by molar-refractivity contribution is 7.92. The molecule has 2 fully saturated rings. The van der Waals surface area contributed by atoms with Gasteiger partial charge in [0, 0.05) is 11.8 Å². The smallest absolute Gasteiger partial charge is 0.156 e. The molecule has 1 N–H and O–H groups in total. The van der Waals surface area contributed by atoms with Crippen molar-refractivity contribution in [1.82, 2.24) is 9.78 Å². The Labute approximate surface area is 126 Å². The normalized spacial score (nSPS) is 35.6. The number of hydrogen-bond donors (Lipinski definition) is 1. The Balaban J connectivity index is 1.94. The Hall–Kier alpha value is -0.880. The Morgan fingerprint density at radius 1 is 1.29 bits per heavy atom. The third kappa shape index (κ3) is 2.42. The molecule has 0 amide bonds. The van der Waals surface area contributed by atoms with Gasteiger partial charge in [0.2, 0.25) is 0 Å². The largest absolute Gasteiger partial charge is 0.385 e. The zero-order chi connectivity index (χ0) is 15.5. The molecule has 0 saturated carbocycles. The van der Waals surface area contributed by atoms with Gasteiger partial charge in [0.05, 0.1) is 27.8 Å². The SMILES string of the molecule is CC(C)(C)n1cc(C2(O)CC3CCCC(C2)S3(=O)=O)cn1. The maximum atomic E-state index is 12.3. The first kappa shape index (κ1) is 15.0. The van der Waals surface area contributed by atoms with Crippen LogP contribution in [0, 0.1) is 0 Å². The Kier molecular flexibility index (Phi) is 3.26. The molecule has 2 unspecified atom stereocenters. The maximum Gasteiger partial charge on any atom is 0.156 e. The summed E-state index contributed by atoms with van der Waals surface area (Å²) in [5, 5.41) is 14.6. The minimum Gasteiger partial charge on any atom is -0.385 e. The summed E-state index contributed by atoms with van der Waals surface area (Å²) in [5.74, 6) is 0. The van der Waals surface area contributed by atoms with E-state index >= 15 is 0 Å². The first-order valence-electron chi connectivity index (χ1n) is 7.64. The highest BCUT2D eigenvalue weighted by atomic mass is 32.2. The molecule has 2 saturated heterocycles. The van der Waals surface area contributed by atoms with Gasteiger partial charge in [-0.05, 0) is 46.5 Å². The molecule has 5 nitrogen and oxygen atoms in total. The van der Waals surface area contributed by atoms with E-state index in [1.807, 2.05) is 31.6 Å². The summed E-state index contributed by atoms with van der Waals surface area (Å²) in [7, 11) is -3.05. The average molecular weight is 312 g/mol. The van der Waals surface area contributed by atoms with Crippen LogP contribution >= 0.6 is 0 Å². The molecule has 1 aromatic heterocycles. The van der Waals surface area contributed by atoms with Gasteiger partial charge in [0.25, 0.3) is 0 Å². The second-order valence-electron chi connectivity index (χ2n) is 7.55. The van der Waals surface area contributed by atoms with Crippen molar-refractivity contribution in [3.63, 3.8) is 0 Å². The molecule has 21 heavy (non-hydrogen) atoms. The van der Waals surface area contributed by atoms with Crippen molar-refractivity contribution in [3.05, 3.63) is 18.0 Å². The van der Waals surface area contributed by atoms with Crippen LogP contribution in [0.1, 0.15) is 58.4 Å². The van der Waals surface area contributed by atoms with Crippen LogP contribution in [0.4, 0.5) is 0 Å². The lowest BCUT2D eigenvalue weighted by molar-refractivity contribution is 0.00484. The molecule has 3 rings (SSSR count). The fraction of sp³-hybridized carbons (Fsp3) is 0.800. The molecule has 3 heterocycles. The first-order valence-corrected chi connectivity index (χ1v) is 9.25. The monoisotopic (exact) mass is 312 g/mol. The summed E-state index contributed by atoms with van der Waals surface area (Å²) in [6.45, 7) is 6.15. The Morgan fingerprint density at radius 2 is 1.86 bits per heavy atom. The van der Waals surface area contributed by atoms with Gasteiger partial charge in [-0.2, -0.15) is 5.10 Å². The number of rotatable bonds is 1. The summed E-state index contributed by atoms with van der Waals surface area (Å²) in [6.07, 6.45) is 6.48. The van der Waals surface area contributed by atoms with Gasteiger partial charge >= 0.3 is 0 Å². The Bertz CT molecular complexity index is 622. The number of sulfone groups is 1. The van der Waals surface area contributed by atoms with E-state index in [1.54, 1.807) is 6.20 Å². The summed E-state index contributed by atoms with van der Waals surface area (Å²) in [4.78, 5) is 0. The highest BCUT2D eigenvalue weighted by Gasteiger charge is 2.51. The van der Waals surface area contributed by atoms with Crippen LogP contribution < -0.4 is 0 Å². The van der Waals surface area contributed by atoms with Gasteiger partial charge < -0.3 is 5.11 Å². The zero-order valence-electron chi connectivity index (χ0n) is 12.9. The van der Waals surface area contributed by atoms with Crippen LogP contribution in [0.5, 0.6) is 0 Å².